The van der Waals surface area contributed by atoms with Crippen molar-refractivity contribution in [1.82, 2.24) is 5.32 Å². The molecule has 0 aromatic heterocycles. The van der Waals surface area contributed by atoms with Crippen LogP contribution in [0, 0.1) is 0 Å². The van der Waals surface area contributed by atoms with Crippen LogP contribution in [0.3, 0.4) is 0 Å². The van der Waals surface area contributed by atoms with Gasteiger partial charge in [-0.25, -0.2) is 0 Å². The summed E-state index contributed by atoms with van der Waals surface area (Å²) in [6.07, 6.45) is 2.40. The van der Waals surface area contributed by atoms with Gasteiger partial charge in [-0.2, -0.15) is 0 Å². The van der Waals surface area contributed by atoms with Gasteiger partial charge < -0.3 is 10.2 Å². The first-order valence-corrected chi connectivity index (χ1v) is 7.76. The summed E-state index contributed by atoms with van der Waals surface area (Å²) < 4.78 is 0. The van der Waals surface area contributed by atoms with E-state index in [1.807, 2.05) is 0 Å². The van der Waals surface area contributed by atoms with Gasteiger partial charge in [-0.1, -0.05) is 36.4 Å². The van der Waals surface area contributed by atoms with Crippen molar-refractivity contribution in [2.45, 2.75) is 31.8 Å². The molecule has 2 heteroatoms. The predicted molar refractivity (Wildman–Crippen MR) is 89.8 cm³/mol. The molecule has 110 valence electrons. The minimum atomic E-state index is 0.373. The van der Waals surface area contributed by atoms with Crippen LogP contribution >= 0.6 is 0 Å². The third-order valence-electron chi connectivity index (χ3n) is 4.49. The molecule has 1 aliphatic rings. The molecule has 0 saturated carbocycles. The zero-order valence-electron chi connectivity index (χ0n) is 13.1. The van der Waals surface area contributed by atoms with Crippen molar-refractivity contribution in [3.05, 3.63) is 65.2 Å². The van der Waals surface area contributed by atoms with Crippen molar-refractivity contribution in [1.29, 1.82) is 0 Å². The highest BCUT2D eigenvalue weighted by molar-refractivity contribution is 5.46. The number of hydrogen-bond acceptors (Lipinski definition) is 2. The van der Waals surface area contributed by atoms with Gasteiger partial charge >= 0.3 is 0 Å². The molecular weight excluding hydrogens is 256 g/mol. The van der Waals surface area contributed by atoms with E-state index in [2.05, 4.69) is 79.8 Å². The molecule has 3 rings (SSSR count). The fourth-order valence-corrected chi connectivity index (χ4v) is 3.19. The molecular formula is C19H24N2. The standard InChI is InChI=1S/C19H24N2/c1-14(15-8-11-17(12-9-15)21(2)3)20-19-13-10-16-6-4-5-7-18(16)19/h4-9,11-12,14,19-20H,10,13H2,1-3H3. The number of nitrogens with zero attached hydrogens (tertiary/aromatic N) is 1. The molecule has 2 unspecified atom stereocenters. The Morgan fingerprint density at radius 3 is 2.48 bits per heavy atom. The van der Waals surface area contributed by atoms with Crippen molar-refractivity contribution in [3.63, 3.8) is 0 Å². The Hall–Kier alpha value is -1.80. The van der Waals surface area contributed by atoms with E-state index in [0.717, 1.165) is 0 Å². The van der Waals surface area contributed by atoms with E-state index >= 15 is 0 Å². The van der Waals surface area contributed by atoms with Crippen LogP contribution in [0.1, 0.15) is 42.1 Å². The summed E-state index contributed by atoms with van der Waals surface area (Å²) in [4.78, 5) is 2.13. The van der Waals surface area contributed by atoms with E-state index in [1.165, 1.54) is 35.2 Å². The Morgan fingerprint density at radius 2 is 1.76 bits per heavy atom. The molecule has 2 atom stereocenters. The van der Waals surface area contributed by atoms with Gasteiger partial charge in [0.1, 0.15) is 0 Å². The predicted octanol–water partition coefficient (Wildman–Crippen LogP) is 4.09. The molecule has 21 heavy (non-hydrogen) atoms. The van der Waals surface area contributed by atoms with Crippen molar-refractivity contribution < 1.29 is 0 Å². The van der Waals surface area contributed by atoms with E-state index in [9.17, 15) is 0 Å². The average molecular weight is 280 g/mol. The molecule has 0 aliphatic heterocycles. The Balaban J connectivity index is 1.71. The Labute approximate surface area is 127 Å². The molecule has 1 N–H and O–H groups in total. The van der Waals surface area contributed by atoms with Crippen LogP contribution in [0.2, 0.25) is 0 Å². The zero-order valence-corrected chi connectivity index (χ0v) is 13.1. The molecule has 0 bridgehead atoms. The molecule has 2 aromatic carbocycles. The Morgan fingerprint density at radius 1 is 1.05 bits per heavy atom. The SMILES string of the molecule is CC(NC1CCc2ccccc21)c1ccc(N(C)C)cc1. The van der Waals surface area contributed by atoms with Crippen molar-refractivity contribution in [2.75, 3.05) is 19.0 Å². The highest BCUT2D eigenvalue weighted by atomic mass is 15.1. The molecule has 2 nitrogen and oxygen atoms in total. The largest absolute Gasteiger partial charge is 0.378 e. The van der Waals surface area contributed by atoms with Crippen molar-refractivity contribution in [2.24, 2.45) is 0 Å². The molecule has 0 heterocycles. The van der Waals surface area contributed by atoms with Gasteiger partial charge in [-0.15, -0.1) is 0 Å². The average Bonchev–Trinajstić information content (AvgIpc) is 2.91. The number of hydrogen-bond donors (Lipinski definition) is 1. The van der Waals surface area contributed by atoms with E-state index in [4.69, 9.17) is 0 Å². The van der Waals surface area contributed by atoms with E-state index < -0.39 is 0 Å². The number of nitrogens with one attached hydrogen (secondary N) is 1. The highest BCUT2D eigenvalue weighted by Gasteiger charge is 2.23. The van der Waals surface area contributed by atoms with Gasteiger partial charge in [0.05, 0.1) is 0 Å². The third kappa shape index (κ3) is 2.96. The van der Waals surface area contributed by atoms with Gasteiger partial charge in [0.25, 0.3) is 0 Å². The lowest BCUT2D eigenvalue weighted by Gasteiger charge is -2.21. The second kappa shape index (κ2) is 5.90. The van der Waals surface area contributed by atoms with Crippen LogP contribution in [-0.4, -0.2) is 14.1 Å². The van der Waals surface area contributed by atoms with Crippen LogP contribution in [0.4, 0.5) is 5.69 Å². The second-order valence-corrected chi connectivity index (χ2v) is 6.16. The summed E-state index contributed by atoms with van der Waals surface area (Å²) in [5, 5.41) is 3.79. The molecule has 0 fully saturated rings. The van der Waals surface area contributed by atoms with Crippen molar-refractivity contribution >= 4 is 5.69 Å². The monoisotopic (exact) mass is 280 g/mol. The van der Waals surface area contributed by atoms with Crippen molar-refractivity contribution in [3.8, 4) is 0 Å². The summed E-state index contributed by atoms with van der Waals surface area (Å²) in [5.41, 5.74) is 5.58. The lowest BCUT2D eigenvalue weighted by molar-refractivity contribution is 0.465. The number of aryl methyl sites for hydroxylation is 1. The fourth-order valence-electron chi connectivity index (χ4n) is 3.19. The summed E-state index contributed by atoms with van der Waals surface area (Å²) >= 11 is 0. The van der Waals surface area contributed by atoms with Crippen LogP contribution in [0.5, 0.6) is 0 Å². The first kappa shape index (κ1) is 14.2. The maximum absolute atomic E-state index is 3.79. The third-order valence-corrected chi connectivity index (χ3v) is 4.49. The van der Waals surface area contributed by atoms with Gasteiger partial charge in [0, 0.05) is 31.9 Å². The van der Waals surface area contributed by atoms with Gasteiger partial charge in [-0.3, -0.25) is 0 Å². The summed E-state index contributed by atoms with van der Waals surface area (Å²) in [6, 6.07) is 18.5. The molecule has 0 amide bonds. The van der Waals surface area contributed by atoms with Crippen LogP contribution in [0.15, 0.2) is 48.5 Å². The van der Waals surface area contributed by atoms with Gasteiger partial charge in [0.15, 0.2) is 0 Å². The van der Waals surface area contributed by atoms with Gasteiger partial charge in [0.2, 0.25) is 0 Å². The highest BCUT2D eigenvalue weighted by Crippen LogP contribution is 2.32. The second-order valence-electron chi connectivity index (χ2n) is 6.16. The first-order valence-electron chi connectivity index (χ1n) is 7.76. The first-order chi connectivity index (χ1) is 10.1. The lowest BCUT2D eigenvalue weighted by atomic mass is 10.0. The summed E-state index contributed by atoms with van der Waals surface area (Å²) in [6.45, 7) is 2.26. The van der Waals surface area contributed by atoms with Crippen LogP contribution < -0.4 is 10.2 Å². The quantitative estimate of drug-likeness (QED) is 0.907. The zero-order chi connectivity index (χ0) is 14.8. The normalized spacial score (nSPS) is 18.3. The Bertz CT molecular complexity index is 601. The van der Waals surface area contributed by atoms with Crippen LogP contribution in [0.25, 0.3) is 0 Å². The molecule has 0 radical (unpaired) electrons. The smallest absolute Gasteiger partial charge is 0.0361 e. The molecule has 1 aliphatic carbocycles. The molecule has 0 saturated heterocycles. The Kier molecular flexibility index (Phi) is 3.98. The topological polar surface area (TPSA) is 15.3 Å². The molecule has 2 aromatic rings. The number of anilines is 1. The molecule has 0 spiro atoms. The minimum Gasteiger partial charge on any atom is -0.378 e. The number of fused-ring (bicyclic) bond motifs is 1. The summed E-state index contributed by atoms with van der Waals surface area (Å²) in [7, 11) is 4.15. The maximum atomic E-state index is 3.79. The fraction of sp³-hybridized carbons (Fsp3) is 0.368. The minimum absolute atomic E-state index is 0.373. The van der Waals surface area contributed by atoms with Gasteiger partial charge in [-0.05, 0) is 48.6 Å². The maximum Gasteiger partial charge on any atom is 0.0361 e. The summed E-state index contributed by atoms with van der Waals surface area (Å²) in [5.74, 6) is 0. The lowest BCUT2D eigenvalue weighted by Crippen LogP contribution is -2.23. The van der Waals surface area contributed by atoms with E-state index in [-0.39, 0.29) is 0 Å². The number of benzene rings is 2. The van der Waals surface area contributed by atoms with E-state index in [1.54, 1.807) is 0 Å². The number of rotatable bonds is 4. The van der Waals surface area contributed by atoms with Crippen LogP contribution in [-0.2, 0) is 6.42 Å². The van der Waals surface area contributed by atoms with E-state index in [0.29, 0.717) is 12.1 Å².